The molecule has 0 bridgehead atoms. The monoisotopic (exact) mass is 706 g/mol. The molecule has 0 spiro atoms. The fourth-order valence-electron chi connectivity index (χ4n) is 3.41. The predicted molar refractivity (Wildman–Crippen MR) is 155 cm³/mol. The number of amidine groups is 1. The van der Waals surface area contributed by atoms with Gasteiger partial charge < -0.3 is 5.11 Å². The highest BCUT2D eigenvalue weighted by atomic mass is 32.3. The molecule has 0 aliphatic heterocycles. The maximum atomic E-state index is 12.8. The van der Waals surface area contributed by atoms with E-state index in [-0.39, 0.29) is 22.6 Å². The van der Waals surface area contributed by atoms with Crippen LogP contribution in [0.3, 0.4) is 0 Å². The number of rotatable bonds is 12. The van der Waals surface area contributed by atoms with Gasteiger partial charge in [0, 0.05) is 11.1 Å². The zero-order chi connectivity index (χ0) is 33.8. The van der Waals surface area contributed by atoms with E-state index in [9.17, 15) is 52.7 Å². The molecule has 0 saturated carbocycles. The fourth-order valence-corrected chi connectivity index (χ4v) is 6.15. The van der Waals surface area contributed by atoms with Crippen molar-refractivity contribution in [1.82, 2.24) is 0 Å². The number of aromatic hydroxyl groups is 1. The van der Waals surface area contributed by atoms with Gasteiger partial charge in [-0.2, -0.15) is 30.4 Å². The summed E-state index contributed by atoms with van der Waals surface area (Å²) in [4.78, 5) is 9.32. The van der Waals surface area contributed by atoms with Crippen LogP contribution in [-0.4, -0.2) is 76.4 Å². The van der Waals surface area contributed by atoms with Crippen molar-refractivity contribution >= 4 is 63.5 Å². The van der Waals surface area contributed by atoms with E-state index in [4.69, 9.17) is 4.55 Å². The Morgan fingerprint density at radius 3 is 2.04 bits per heavy atom. The molecule has 45 heavy (non-hydrogen) atoms. The minimum absolute atomic E-state index is 0.0992. The van der Waals surface area contributed by atoms with E-state index in [1.54, 1.807) is 6.07 Å². The molecule has 0 amide bonds. The van der Waals surface area contributed by atoms with E-state index in [2.05, 4.69) is 24.9 Å². The van der Waals surface area contributed by atoms with Crippen LogP contribution in [0.25, 0.3) is 0 Å². The van der Waals surface area contributed by atoms with Crippen LogP contribution in [0.1, 0.15) is 22.8 Å². The minimum Gasteiger partial charge on any atom is -0.504 e. The molecular formula is C23H22N4O14S4. The Kier molecular flexibility index (Phi) is 10.6. The Hall–Kier alpha value is -4.16. The summed E-state index contributed by atoms with van der Waals surface area (Å²) in [7, 11) is -19.6. The van der Waals surface area contributed by atoms with Gasteiger partial charge in [0.2, 0.25) is 5.84 Å². The summed E-state index contributed by atoms with van der Waals surface area (Å²) in [6.07, 6.45) is 0. The van der Waals surface area contributed by atoms with Gasteiger partial charge in [0.25, 0.3) is 20.2 Å². The number of Topliss-reactive ketones (excluding diaryl/α,β-unsaturated/α-hetero) is 1. The summed E-state index contributed by atoms with van der Waals surface area (Å²) in [5.74, 6) is -3.20. The zero-order valence-corrected chi connectivity index (χ0v) is 25.8. The first-order valence-corrected chi connectivity index (χ1v) is 17.7. The molecule has 0 fully saturated rings. The molecule has 3 aromatic carbocycles. The number of azo groups is 1. The number of nitrogens with zero attached hydrogens (tertiary/aromatic N) is 3. The lowest BCUT2D eigenvalue weighted by molar-refractivity contribution is 0.101. The highest BCUT2D eigenvalue weighted by molar-refractivity contribution is 7.91. The quantitative estimate of drug-likeness (QED) is 0.0343. The third-order valence-corrected chi connectivity index (χ3v) is 9.32. The van der Waals surface area contributed by atoms with Crippen LogP contribution in [0.4, 0.5) is 11.4 Å². The van der Waals surface area contributed by atoms with E-state index >= 15 is 0 Å². The van der Waals surface area contributed by atoms with Crippen molar-refractivity contribution < 1.29 is 61.4 Å². The molecule has 3 aromatic rings. The van der Waals surface area contributed by atoms with E-state index in [1.807, 2.05) is 0 Å². The number of hydrogen-bond acceptors (Lipinski definition) is 14. The highest BCUT2D eigenvalue weighted by Crippen LogP contribution is 2.35. The van der Waals surface area contributed by atoms with E-state index in [0.717, 1.165) is 25.1 Å². The van der Waals surface area contributed by atoms with Gasteiger partial charge in [-0.15, -0.1) is 10.2 Å². The van der Waals surface area contributed by atoms with Gasteiger partial charge >= 0.3 is 10.4 Å². The van der Waals surface area contributed by atoms with Crippen molar-refractivity contribution in [2.75, 3.05) is 17.8 Å². The van der Waals surface area contributed by atoms with Crippen LogP contribution < -0.4 is 5.43 Å². The topological polar surface area (TPSA) is 293 Å². The molecule has 0 heterocycles. The molecule has 0 unspecified atom stereocenters. The maximum absolute atomic E-state index is 12.8. The highest BCUT2D eigenvalue weighted by Gasteiger charge is 2.26. The number of benzene rings is 3. The number of hydrazone groups is 1. The van der Waals surface area contributed by atoms with Gasteiger partial charge in [-0.1, -0.05) is 30.3 Å². The van der Waals surface area contributed by atoms with E-state index < -0.39 is 84.7 Å². The largest absolute Gasteiger partial charge is 0.504 e. The van der Waals surface area contributed by atoms with E-state index in [1.165, 1.54) is 24.3 Å². The summed E-state index contributed by atoms with van der Waals surface area (Å²) in [5.41, 5.74) is 1.27. The molecule has 18 nitrogen and oxygen atoms in total. The third kappa shape index (κ3) is 9.66. The van der Waals surface area contributed by atoms with Crippen molar-refractivity contribution in [3.05, 3.63) is 71.8 Å². The predicted octanol–water partition coefficient (Wildman–Crippen LogP) is 2.24. The van der Waals surface area contributed by atoms with E-state index in [0.29, 0.717) is 12.1 Å². The zero-order valence-electron chi connectivity index (χ0n) is 22.5. The number of anilines is 1. The van der Waals surface area contributed by atoms with Gasteiger partial charge in [0.15, 0.2) is 21.4 Å². The van der Waals surface area contributed by atoms with Gasteiger partial charge in [-0.25, -0.2) is 12.6 Å². The van der Waals surface area contributed by atoms with Crippen LogP contribution in [0, 0.1) is 0 Å². The van der Waals surface area contributed by atoms with Crippen LogP contribution in [0.15, 0.2) is 90.7 Å². The number of phenols is 1. The number of hydrogen-bond donors (Lipinski definition) is 5. The molecule has 3 rings (SSSR count). The summed E-state index contributed by atoms with van der Waals surface area (Å²) < 4.78 is 126. The lowest BCUT2D eigenvalue weighted by Crippen LogP contribution is -2.16. The standard InChI is InChI=1S/C23H22N4O14S4/c1-14(28)18-8-7-16(43(32,33)34)11-19(18)24-26-23(15-5-3-2-4-6-15)27-25-20-12-17(13-21(22(20)29)44(35,36)37)42(30,31)10-9-41-45(38,39)40/h2-8,11-13,25,29H,9-10H2,1H3,(H,32,33,34)(H,35,36,37)(H,38,39,40)/b26-24?,27-23+. The number of phenolic OH excluding ortho intramolecular Hbond substituents is 1. The fraction of sp³-hybridized carbons (Fsp3) is 0.130. The average molecular weight is 707 g/mol. The summed E-state index contributed by atoms with van der Waals surface area (Å²) in [6.45, 7) is 0.0738. The summed E-state index contributed by atoms with van der Waals surface area (Å²) in [5, 5.41) is 22.2. The second-order valence-corrected chi connectivity index (χ2v) is 14.7. The third-order valence-electron chi connectivity index (χ3n) is 5.48. The SMILES string of the molecule is CC(=O)c1ccc(S(=O)(=O)O)cc1N=N/C(=N/Nc1cc(S(=O)(=O)CCOS(=O)(=O)O)cc(S(=O)(=O)O)c1O)c1ccccc1. The molecule has 0 aromatic heterocycles. The molecular weight excluding hydrogens is 685 g/mol. The molecule has 242 valence electrons. The van der Waals surface area contributed by atoms with Crippen molar-refractivity contribution in [2.45, 2.75) is 21.6 Å². The second kappa shape index (κ2) is 13.5. The Morgan fingerprint density at radius 1 is 0.844 bits per heavy atom. The molecule has 5 N–H and O–H groups in total. The van der Waals surface area contributed by atoms with Crippen molar-refractivity contribution in [3.8, 4) is 5.75 Å². The Bertz CT molecular complexity index is 2130. The lowest BCUT2D eigenvalue weighted by Gasteiger charge is -2.12. The van der Waals surface area contributed by atoms with Gasteiger partial charge in [0.05, 0.1) is 27.8 Å². The number of ketones is 1. The normalized spacial score (nSPS) is 13.2. The smallest absolute Gasteiger partial charge is 0.397 e. The first kappa shape index (κ1) is 35.3. The number of sulfone groups is 1. The van der Waals surface area contributed by atoms with Crippen LogP contribution in [-0.2, 0) is 44.7 Å². The van der Waals surface area contributed by atoms with Crippen molar-refractivity contribution in [3.63, 3.8) is 0 Å². The molecule has 0 radical (unpaired) electrons. The lowest BCUT2D eigenvalue weighted by atomic mass is 10.1. The Balaban J connectivity index is 2.15. The van der Waals surface area contributed by atoms with Crippen molar-refractivity contribution in [1.29, 1.82) is 0 Å². The number of nitrogens with one attached hydrogen (secondary N) is 1. The van der Waals surface area contributed by atoms with Crippen molar-refractivity contribution in [2.24, 2.45) is 15.3 Å². The molecule has 22 heteroatoms. The summed E-state index contributed by atoms with van der Waals surface area (Å²) in [6, 6.07) is 11.6. The van der Waals surface area contributed by atoms with Gasteiger partial charge in [-0.3, -0.25) is 23.9 Å². The number of carbonyl (C=O) groups is 1. The van der Waals surface area contributed by atoms with Crippen LogP contribution >= 0.6 is 0 Å². The summed E-state index contributed by atoms with van der Waals surface area (Å²) >= 11 is 0. The first-order chi connectivity index (χ1) is 20.7. The maximum Gasteiger partial charge on any atom is 0.397 e. The molecule has 0 aliphatic rings. The first-order valence-electron chi connectivity index (χ1n) is 11.8. The minimum atomic E-state index is -5.26. The van der Waals surface area contributed by atoms with Crippen LogP contribution in [0.5, 0.6) is 5.75 Å². The van der Waals surface area contributed by atoms with Gasteiger partial charge in [-0.05, 0) is 37.3 Å². The number of carbonyl (C=O) groups excluding carboxylic acids is 1. The van der Waals surface area contributed by atoms with Crippen LogP contribution in [0.2, 0.25) is 0 Å². The van der Waals surface area contributed by atoms with Gasteiger partial charge in [0.1, 0.15) is 10.6 Å². The Labute approximate surface area is 256 Å². The average Bonchev–Trinajstić information content (AvgIpc) is 2.92. The molecule has 0 aliphatic carbocycles. The second-order valence-electron chi connectivity index (χ2n) is 8.68. The Morgan fingerprint density at radius 2 is 1.49 bits per heavy atom. The molecule has 0 saturated heterocycles. The molecule has 0 atom stereocenters.